The van der Waals surface area contributed by atoms with E-state index in [4.69, 9.17) is 14.2 Å². The lowest BCUT2D eigenvalue weighted by Gasteiger charge is -2.25. The van der Waals surface area contributed by atoms with E-state index in [9.17, 15) is 19.2 Å². The van der Waals surface area contributed by atoms with Crippen LogP contribution in [0.3, 0.4) is 0 Å². The minimum absolute atomic E-state index is 0.129. The van der Waals surface area contributed by atoms with Gasteiger partial charge in [-0.25, -0.2) is 9.79 Å². The molecule has 0 spiro atoms. The van der Waals surface area contributed by atoms with Crippen LogP contribution >= 0.6 is 11.3 Å². The summed E-state index contributed by atoms with van der Waals surface area (Å²) in [6, 6.07) is 11.3. The fourth-order valence-electron chi connectivity index (χ4n) is 5.20. The average molecular weight is 576 g/mol. The zero-order chi connectivity index (χ0) is 29.4. The molecule has 1 atom stereocenters. The number of hydrogen-bond donors (Lipinski definition) is 0. The minimum atomic E-state index is -0.932. The predicted molar refractivity (Wildman–Crippen MR) is 153 cm³/mol. The summed E-state index contributed by atoms with van der Waals surface area (Å²) in [6.45, 7) is 7.29. The first kappa shape index (κ1) is 28.0. The molecule has 1 aromatic heterocycles. The van der Waals surface area contributed by atoms with Gasteiger partial charge in [-0.1, -0.05) is 42.5 Å². The first-order valence-electron chi connectivity index (χ1n) is 13.2. The van der Waals surface area contributed by atoms with Crippen molar-refractivity contribution in [1.82, 2.24) is 4.57 Å². The summed E-state index contributed by atoms with van der Waals surface area (Å²) in [7, 11) is 1.43. The molecular formula is C30H29N3O7S. The quantitative estimate of drug-likeness (QED) is 0.314. The van der Waals surface area contributed by atoms with Crippen molar-refractivity contribution in [2.24, 2.45) is 4.99 Å². The molecule has 0 unspecified atom stereocenters. The van der Waals surface area contributed by atoms with E-state index in [1.54, 1.807) is 36.9 Å². The van der Waals surface area contributed by atoms with Gasteiger partial charge in [0.05, 0.1) is 42.3 Å². The number of aromatic nitrogens is 1. The second kappa shape index (κ2) is 11.2. The Hall–Kier alpha value is -4.51. The Kier molecular flexibility index (Phi) is 7.63. The van der Waals surface area contributed by atoms with Gasteiger partial charge in [-0.3, -0.25) is 19.0 Å². The molecule has 0 saturated carbocycles. The second-order valence-electron chi connectivity index (χ2n) is 9.48. The third kappa shape index (κ3) is 4.76. The third-order valence-electron chi connectivity index (χ3n) is 6.85. The molecule has 0 fully saturated rings. The van der Waals surface area contributed by atoms with Crippen molar-refractivity contribution in [3.63, 3.8) is 0 Å². The lowest BCUT2D eigenvalue weighted by molar-refractivity contribution is -0.139. The standard InChI is InChI=1S/C30H29N3O7S/c1-6-14-32-20-11-9-8-10-19(20)24(27(32)35)26-28(36)33-25(18-12-13-21(40-17(4)34)22(15-18)38-5)23(29(37)39-7-2)16(3)31-30(33)41-26/h8-13,15,25H,6-7,14H2,1-5H3/b26-24-/t25-/m1/s1. The molecule has 3 heterocycles. The summed E-state index contributed by atoms with van der Waals surface area (Å²) in [4.78, 5) is 59.4. The monoisotopic (exact) mass is 575 g/mol. The summed E-state index contributed by atoms with van der Waals surface area (Å²) >= 11 is 1.11. The Morgan fingerprint density at radius 1 is 1.07 bits per heavy atom. The van der Waals surface area contributed by atoms with E-state index in [-0.39, 0.29) is 34.1 Å². The van der Waals surface area contributed by atoms with Crippen LogP contribution in [0.2, 0.25) is 0 Å². The van der Waals surface area contributed by atoms with Gasteiger partial charge in [-0.2, -0.15) is 0 Å². The summed E-state index contributed by atoms with van der Waals surface area (Å²) in [5.74, 6) is -0.941. The van der Waals surface area contributed by atoms with Crippen LogP contribution in [0.1, 0.15) is 51.3 Å². The van der Waals surface area contributed by atoms with Gasteiger partial charge >= 0.3 is 11.9 Å². The second-order valence-corrected chi connectivity index (χ2v) is 10.5. The minimum Gasteiger partial charge on any atom is -0.493 e. The Morgan fingerprint density at radius 2 is 1.83 bits per heavy atom. The van der Waals surface area contributed by atoms with Crippen molar-refractivity contribution in [3.8, 4) is 11.5 Å². The molecule has 0 saturated heterocycles. The van der Waals surface area contributed by atoms with Crippen LogP contribution < -0.4 is 29.3 Å². The van der Waals surface area contributed by atoms with Gasteiger partial charge in [-0.15, -0.1) is 0 Å². The number of fused-ring (bicyclic) bond motifs is 2. The van der Waals surface area contributed by atoms with Gasteiger partial charge in [0.25, 0.3) is 11.5 Å². The Labute approximate surface area is 239 Å². The highest BCUT2D eigenvalue weighted by Gasteiger charge is 2.37. The molecule has 0 radical (unpaired) electrons. The lowest BCUT2D eigenvalue weighted by Crippen LogP contribution is -2.41. The average Bonchev–Trinajstić information content (AvgIpc) is 3.40. The van der Waals surface area contributed by atoms with Crippen LogP contribution in [-0.2, 0) is 19.1 Å². The number of amides is 1. The fraction of sp³-hybridized carbons (Fsp3) is 0.300. The lowest BCUT2D eigenvalue weighted by atomic mass is 9.95. The smallest absolute Gasteiger partial charge is 0.338 e. The number of rotatable bonds is 7. The number of allylic oxidation sites excluding steroid dienone is 1. The van der Waals surface area contributed by atoms with E-state index in [1.807, 2.05) is 31.2 Å². The molecule has 0 aliphatic carbocycles. The Balaban J connectivity index is 1.79. The maximum Gasteiger partial charge on any atom is 0.338 e. The van der Waals surface area contributed by atoms with Crippen LogP contribution in [0, 0.1) is 0 Å². The molecule has 41 heavy (non-hydrogen) atoms. The number of nitrogens with zero attached hydrogens (tertiary/aromatic N) is 3. The van der Waals surface area contributed by atoms with E-state index in [0.717, 1.165) is 23.4 Å². The number of anilines is 1. The van der Waals surface area contributed by atoms with Gasteiger partial charge in [0.2, 0.25) is 0 Å². The van der Waals surface area contributed by atoms with Crippen LogP contribution in [-0.4, -0.2) is 42.7 Å². The van der Waals surface area contributed by atoms with Gasteiger partial charge in [-0.05, 0) is 44.0 Å². The molecule has 10 nitrogen and oxygen atoms in total. The van der Waals surface area contributed by atoms with E-state index < -0.39 is 23.5 Å². The summed E-state index contributed by atoms with van der Waals surface area (Å²) in [5, 5.41) is 0. The van der Waals surface area contributed by atoms with Crippen molar-refractivity contribution >= 4 is 40.4 Å². The topological polar surface area (TPSA) is 117 Å². The van der Waals surface area contributed by atoms with Crippen LogP contribution in [0.25, 0.3) is 5.57 Å². The highest BCUT2D eigenvalue weighted by Crippen LogP contribution is 2.37. The predicted octanol–water partition coefficient (Wildman–Crippen LogP) is 2.86. The normalized spacial score (nSPS) is 17.1. The molecule has 2 aliphatic heterocycles. The number of ether oxygens (including phenoxy) is 3. The fourth-order valence-corrected chi connectivity index (χ4v) is 6.33. The van der Waals surface area contributed by atoms with Gasteiger partial charge in [0, 0.05) is 19.0 Å². The molecule has 2 aliphatic rings. The molecule has 0 N–H and O–H groups in total. The van der Waals surface area contributed by atoms with E-state index in [1.165, 1.54) is 18.6 Å². The van der Waals surface area contributed by atoms with Gasteiger partial charge < -0.3 is 19.1 Å². The highest BCUT2D eigenvalue weighted by molar-refractivity contribution is 7.07. The first-order chi connectivity index (χ1) is 19.7. The van der Waals surface area contributed by atoms with E-state index >= 15 is 0 Å². The molecule has 0 bridgehead atoms. The van der Waals surface area contributed by atoms with Crippen molar-refractivity contribution in [1.29, 1.82) is 0 Å². The SMILES string of the molecule is CCCN1C(=O)/C(=c2\sc3n(c2=O)[C@H](c2ccc(OC(C)=O)c(OC)c2)C(C(=O)OCC)=C(C)N=3)c2ccccc21. The maximum absolute atomic E-state index is 14.3. The first-order valence-corrected chi connectivity index (χ1v) is 14.0. The zero-order valence-corrected chi connectivity index (χ0v) is 24.2. The Morgan fingerprint density at radius 3 is 2.51 bits per heavy atom. The van der Waals surface area contributed by atoms with Crippen LogP contribution in [0.4, 0.5) is 5.69 Å². The van der Waals surface area contributed by atoms with Crippen molar-refractivity contribution in [2.75, 3.05) is 25.2 Å². The highest BCUT2D eigenvalue weighted by atomic mass is 32.1. The molecule has 212 valence electrons. The van der Waals surface area contributed by atoms with Crippen molar-refractivity contribution in [3.05, 3.63) is 84.5 Å². The molecule has 5 rings (SSSR count). The van der Waals surface area contributed by atoms with Gasteiger partial charge in [0.1, 0.15) is 4.53 Å². The molecular weight excluding hydrogens is 546 g/mol. The molecule has 1 amide bonds. The number of carbonyl (C=O) groups excluding carboxylic acids is 3. The van der Waals surface area contributed by atoms with Crippen LogP contribution in [0.15, 0.2) is 63.5 Å². The number of benzene rings is 2. The summed E-state index contributed by atoms with van der Waals surface area (Å²) < 4.78 is 17.8. The summed E-state index contributed by atoms with van der Waals surface area (Å²) in [6.07, 6.45) is 0.752. The number of hydrogen-bond acceptors (Lipinski definition) is 9. The van der Waals surface area contributed by atoms with E-state index in [0.29, 0.717) is 33.7 Å². The third-order valence-corrected chi connectivity index (χ3v) is 7.90. The van der Waals surface area contributed by atoms with Crippen molar-refractivity contribution < 1.29 is 28.6 Å². The number of thiazole rings is 1. The number of carbonyl (C=O) groups is 3. The molecule has 3 aromatic rings. The maximum atomic E-state index is 14.3. The number of esters is 2. The molecule has 11 heteroatoms. The van der Waals surface area contributed by atoms with Crippen LogP contribution in [0.5, 0.6) is 11.5 Å². The zero-order valence-electron chi connectivity index (χ0n) is 23.3. The number of methoxy groups -OCH3 is 1. The van der Waals surface area contributed by atoms with E-state index in [2.05, 4.69) is 4.99 Å². The Bertz CT molecular complexity index is 1800. The van der Waals surface area contributed by atoms with Crippen molar-refractivity contribution in [2.45, 2.75) is 40.2 Å². The summed E-state index contributed by atoms with van der Waals surface area (Å²) in [5.41, 5.74) is 2.39. The number of para-hydroxylation sites is 1. The van der Waals surface area contributed by atoms with Gasteiger partial charge in [0.15, 0.2) is 16.3 Å². The molecule has 2 aromatic carbocycles. The largest absolute Gasteiger partial charge is 0.493 e.